The highest BCUT2D eigenvalue weighted by atomic mass is 16.2. The highest BCUT2D eigenvalue weighted by molar-refractivity contribution is 5.74. The van der Waals surface area contributed by atoms with Gasteiger partial charge in [0.05, 0.1) is 6.07 Å². The van der Waals surface area contributed by atoms with Crippen LogP contribution in [0.3, 0.4) is 0 Å². The molecule has 2 amide bonds. The largest absolute Gasteiger partial charge is 0.334 e. The molecule has 0 aliphatic carbocycles. The van der Waals surface area contributed by atoms with E-state index in [4.69, 9.17) is 5.26 Å². The van der Waals surface area contributed by atoms with Gasteiger partial charge in [-0.15, -0.1) is 0 Å². The Morgan fingerprint density at radius 2 is 1.91 bits per heavy atom. The topological polar surface area (TPSA) is 59.4 Å². The van der Waals surface area contributed by atoms with E-state index in [1.54, 1.807) is 0 Å². The van der Waals surface area contributed by atoms with E-state index in [1.807, 2.05) is 11.0 Å². The van der Waals surface area contributed by atoms with Crippen LogP contribution in [-0.2, 0) is 6.54 Å². The first-order chi connectivity index (χ1) is 11.2. The number of likely N-dealkylation sites (tertiary alicyclic amines) is 2. The third-order valence-electron chi connectivity index (χ3n) is 4.81. The number of carbonyl (C=O) groups excluding carboxylic acids is 1. The van der Waals surface area contributed by atoms with Crippen molar-refractivity contribution in [3.05, 3.63) is 35.9 Å². The average molecular weight is 312 g/mol. The summed E-state index contributed by atoms with van der Waals surface area (Å²) >= 11 is 0. The first-order valence-electron chi connectivity index (χ1n) is 8.46. The molecule has 0 saturated carbocycles. The molecule has 0 radical (unpaired) electrons. The van der Waals surface area contributed by atoms with Crippen molar-refractivity contribution in [1.82, 2.24) is 15.1 Å². The Labute approximate surface area is 137 Å². The van der Waals surface area contributed by atoms with Crippen molar-refractivity contribution >= 4 is 6.03 Å². The Balaban J connectivity index is 1.43. The quantitative estimate of drug-likeness (QED) is 0.931. The second kappa shape index (κ2) is 7.47. The maximum atomic E-state index is 12.3. The number of nitrogens with one attached hydrogen (secondary N) is 1. The molecule has 0 unspecified atom stereocenters. The lowest BCUT2D eigenvalue weighted by molar-refractivity contribution is 0.175. The third-order valence-corrected chi connectivity index (χ3v) is 4.81. The molecule has 23 heavy (non-hydrogen) atoms. The van der Waals surface area contributed by atoms with E-state index < -0.39 is 0 Å². The molecular formula is C18H24N4O. The average Bonchev–Trinajstić information content (AvgIpc) is 3.02. The number of nitriles is 1. The molecule has 0 aromatic heterocycles. The minimum atomic E-state index is 0.0351. The predicted octanol–water partition coefficient (Wildman–Crippen LogP) is 2.21. The summed E-state index contributed by atoms with van der Waals surface area (Å²) in [6.45, 7) is 4.28. The van der Waals surface area contributed by atoms with Gasteiger partial charge < -0.3 is 10.2 Å². The van der Waals surface area contributed by atoms with Crippen LogP contribution >= 0.6 is 0 Å². The molecule has 2 aliphatic rings. The van der Waals surface area contributed by atoms with Crippen LogP contribution in [0.25, 0.3) is 0 Å². The summed E-state index contributed by atoms with van der Waals surface area (Å²) in [5.74, 6) is 0.117. The molecule has 2 saturated heterocycles. The summed E-state index contributed by atoms with van der Waals surface area (Å²) in [6.07, 6.45) is 2.61. The SMILES string of the molecule is N#CC1CCN(C(=O)N[C@@H]2CCN(Cc3ccccc3)C2)CC1. The maximum Gasteiger partial charge on any atom is 0.317 e. The first kappa shape index (κ1) is 15.8. The van der Waals surface area contributed by atoms with Gasteiger partial charge in [0.25, 0.3) is 0 Å². The second-order valence-corrected chi connectivity index (χ2v) is 6.55. The fourth-order valence-electron chi connectivity index (χ4n) is 3.41. The summed E-state index contributed by atoms with van der Waals surface area (Å²) < 4.78 is 0. The molecule has 2 heterocycles. The van der Waals surface area contributed by atoms with Gasteiger partial charge in [-0.2, -0.15) is 5.26 Å². The van der Waals surface area contributed by atoms with Crippen molar-refractivity contribution in [2.45, 2.75) is 31.8 Å². The zero-order chi connectivity index (χ0) is 16.1. The molecule has 122 valence electrons. The Morgan fingerprint density at radius 3 is 2.61 bits per heavy atom. The normalized spacial score (nSPS) is 22.7. The zero-order valence-electron chi connectivity index (χ0n) is 13.4. The van der Waals surface area contributed by atoms with Gasteiger partial charge in [-0.25, -0.2) is 4.79 Å². The summed E-state index contributed by atoms with van der Waals surface area (Å²) in [6, 6.07) is 13.0. The van der Waals surface area contributed by atoms with E-state index in [-0.39, 0.29) is 18.0 Å². The van der Waals surface area contributed by atoms with Gasteiger partial charge in [0, 0.05) is 44.7 Å². The smallest absolute Gasteiger partial charge is 0.317 e. The van der Waals surface area contributed by atoms with Crippen molar-refractivity contribution in [3.8, 4) is 6.07 Å². The van der Waals surface area contributed by atoms with Crippen LogP contribution < -0.4 is 5.32 Å². The lowest BCUT2D eigenvalue weighted by Crippen LogP contribution is -2.48. The number of hydrogen-bond acceptors (Lipinski definition) is 3. The molecule has 0 bridgehead atoms. The number of urea groups is 1. The van der Waals surface area contributed by atoms with Gasteiger partial charge in [0.1, 0.15) is 0 Å². The molecule has 5 nitrogen and oxygen atoms in total. The number of piperidine rings is 1. The fraction of sp³-hybridized carbons (Fsp3) is 0.556. The van der Waals surface area contributed by atoms with Crippen LogP contribution in [0.5, 0.6) is 0 Å². The lowest BCUT2D eigenvalue weighted by atomic mass is 9.99. The molecule has 5 heteroatoms. The van der Waals surface area contributed by atoms with Crippen LogP contribution in [0.1, 0.15) is 24.8 Å². The van der Waals surface area contributed by atoms with E-state index in [1.165, 1.54) is 5.56 Å². The highest BCUT2D eigenvalue weighted by Crippen LogP contribution is 2.17. The van der Waals surface area contributed by atoms with E-state index in [0.29, 0.717) is 13.1 Å². The van der Waals surface area contributed by atoms with Gasteiger partial charge >= 0.3 is 6.03 Å². The number of amides is 2. The van der Waals surface area contributed by atoms with E-state index >= 15 is 0 Å². The van der Waals surface area contributed by atoms with Crippen LogP contribution in [0.4, 0.5) is 4.79 Å². The van der Waals surface area contributed by atoms with E-state index in [2.05, 4.69) is 40.6 Å². The molecule has 2 aliphatic heterocycles. The number of hydrogen-bond donors (Lipinski definition) is 1. The molecule has 1 aromatic carbocycles. The van der Waals surface area contributed by atoms with Crippen molar-refractivity contribution in [3.63, 3.8) is 0 Å². The molecule has 0 spiro atoms. The Bertz CT molecular complexity index is 560. The second-order valence-electron chi connectivity index (χ2n) is 6.55. The molecule has 1 N–H and O–H groups in total. The van der Waals surface area contributed by atoms with Crippen molar-refractivity contribution < 1.29 is 4.79 Å². The van der Waals surface area contributed by atoms with Crippen molar-refractivity contribution in [1.29, 1.82) is 5.26 Å². The standard InChI is InChI=1S/C18H24N4O/c19-12-15-6-10-22(11-7-15)18(23)20-17-8-9-21(14-17)13-16-4-2-1-3-5-16/h1-5,15,17H,6-11,13-14H2,(H,20,23)/t17-/m1/s1. The predicted molar refractivity (Wildman–Crippen MR) is 88.6 cm³/mol. The number of carbonyl (C=O) groups is 1. The fourth-order valence-corrected chi connectivity index (χ4v) is 3.41. The minimum Gasteiger partial charge on any atom is -0.334 e. The summed E-state index contributed by atoms with van der Waals surface area (Å²) in [5.41, 5.74) is 1.32. The number of benzene rings is 1. The van der Waals surface area contributed by atoms with E-state index in [9.17, 15) is 4.79 Å². The maximum absolute atomic E-state index is 12.3. The van der Waals surface area contributed by atoms with Crippen LogP contribution in [0.2, 0.25) is 0 Å². The Kier molecular flexibility index (Phi) is 5.14. The molecule has 3 rings (SSSR count). The number of rotatable bonds is 3. The lowest BCUT2D eigenvalue weighted by Gasteiger charge is -2.30. The van der Waals surface area contributed by atoms with Gasteiger partial charge in [-0.3, -0.25) is 4.90 Å². The number of nitrogens with zero attached hydrogens (tertiary/aromatic N) is 3. The molecule has 1 atom stereocenters. The van der Waals surface area contributed by atoms with Gasteiger partial charge in [0.2, 0.25) is 0 Å². The molecular weight excluding hydrogens is 288 g/mol. The highest BCUT2D eigenvalue weighted by Gasteiger charge is 2.27. The Hall–Kier alpha value is -2.06. The van der Waals surface area contributed by atoms with Crippen molar-refractivity contribution in [2.24, 2.45) is 5.92 Å². The summed E-state index contributed by atoms with van der Waals surface area (Å²) in [5, 5.41) is 12.1. The van der Waals surface area contributed by atoms with Crippen molar-refractivity contribution in [2.75, 3.05) is 26.2 Å². The van der Waals surface area contributed by atoms with Crippen LogP contribution in [-0.4, -0.2) is 48.1 Å². The summed E-state index contributed by atoms with van der Waals surface area (Å²) in [4.78, 5) is 16.6. The Morgan fingerprint density at radius 1 is 1.17 bits per heavy atom. The molecule has 1 aromatic rings. The monoisotopic (exact) mass is 312 g/mol. The zero-order valence-corrected chi connectivity index (χ0v) is 13.4. The minimum absolute atomic E-state index is 0.0351. The molecule has 2 fully saturated rings. The van der Waals surface area contributed by atoms with Gasteiger partial charge in [0.15, 0.2) is 0 Å². The third kappa shape index (κ3) is 4.23. The van der Waals surface area contributed by atoms with Gasteiger partial charge in [-0.1, -0.05) is 30.3 Å². The van der Waals surface area contributed by atoms with Crippen LogP contribution in [0.15, 0.2) is 30.3 Å². The van der Waals surface area contributed by atoms with Gasteiger partial charge in [-0.05, 0) is 24.8 Å². The van der Waals surface area contributed by atoms with Crippen LogP contribution in [0, 0.1) is 17.2 Å². The first-order valence-corrected chi connectivity index (χ1v) is 8.46. The van der Waals surface area contributed by atoms with E-state index in [0.717, 1.165) is 38.9 Å². The summed E-state index contributed by atoms with van der Waals surface area (Å²) in [7, 11) is 0.